The highest BCUT2D eigenvalue weighted by Crippen LogP contribution is 2.23. The summed E-state index contributed by atoms with van der Waals surface area (Å²) in [6.45, 7) is 2.38. The van der Waals surface area contributed by atoms with Crippen LogP contribution in [0.15, 0.2) is 47.6 Å². The highest BCUT2D eigenvalue weighted by atomic mass is 32.2. The predicted molar refractivity (Wildman–Crippen MR) is 110 cm³/mol. The van der Waals surface area contributed by atoms with Gasteiger partial charge >= 0.3 is 0 Å². The average Bonchev–Trinajstić information content (AvgIpc) is 3.19. The summed E-state index contributed by atoms with van der Waals surface area (Å²) < 4.78 is 39.3. The molecule has 1 aliphatic rings. The van der Waals surface area contributed by atoms with Gasteiger partial charge in [0.15, 0.2) is 0 Å². The molecule has 2 aromatic heterocycles. The number of fused-ring (bicyclic) bond motifs is 1. The summed E-state index contributed by atoms with van der Waals surface area (Å²) in [7, 11) is -2.06. The van der Waals surface area contributed by atoms with E-state index in [2.05, 4.69) is 29.6 Å². The van der Waals surface area contributed by atoms with Crippen molar-refractivity contribution >= 4 is 21.7 Å². The highest BCUT2D eigenvalue weighted by molar-refractivity contribution is 7.89. The average molecular weight is 430 g/mol. The van der Waals surface area contributed by atoms with Gasteiger partial charge in [-0.25, -0.2) is 28.1 Å². The monoisotopic (exact) mass is 430 g/mol. The minimum Gasteiger partial charge on any atom is -0.383 e. The fourth-order valence-electron chi connectivity index (χ4n) is 3.07. The molecule has 0 saturated carbocycles. The first-order chi connectivity index (χ1) is 14.6. The number of hydrogen-bond acceptors (Lipinski definition) is 8. The molecule has 0 radical (unpaired) electrons. The number of nitrogens with zero attached hydrogens (tertiary/aromatic N) is 4. The summed E-state index contributed by atoms with van der Waals surface area (Å²) in [5.41, 5.74) is 2.32. The van der Waals surface area contributed by atoms with E-state index in [0.717, 1.165) is 23.8 Å². The molecule has 11 heteroatoms. The van der Waals surface area contributed by atoms with Gasteiger partial charge in [0.25, 0.3) is 0 Å². The number of ether oxygens (including phenoxy) is 2. The molecule has 3 aromatic rings. The van der Waals surface area contributed by atoms with E-state index in [-0.39, 0.29) is 11.4 Å². The Morgan fingerprint density at radius 2 is 2.03 bits per heavy atom. The predicted octanol–water partition coefficient (Wildman–Crippen LogP) is 1.54. The Labute approximate surface area is 174 Å². The number of nitrogens with one attached hydrogen (secondary N) is 2. The van der Waals surface area contributed by atoms with E-state index in [0.29, 0.717) is 31.5 Å². The molecule has 0 bridgehead atoms. The number of imidazole rings is 1. The Morgan fingerprint density at radius 1 is 1.20 bits per heavy atom. The van der Waals surface area contributed by atoms with Crippen molar-refractivity contribution < 1.29 is 17.9 Å². The Balaban J connectivity index is 1.49. The molecule has 0 unspecified atom stereocenters. The molecule has 4 rings (SSSR count). The molecule has 3 heterocycles. The minimum absolute atomic E-state index is 0.173. The normalized spacial score (nSPS) is 13.8. The molecule has 158 valence electrons. The molecule has 2 N–H and O–H groups in total. The lowest BCUT2D eigenvalue weighted by atomic mass is 10.3. The van der Waals surface area contributed by atoms with Crippen LogP contribution in [0.1, 0.15) is 5.82 Å². The molecule has 30 heavy (non-hydrogen) atoms. The number of rotatable bonds is 8. The van der Waals surface area contributed by atoms with Crippen molar-refractivity contribution in [1.82, 2.24) is 24.2 Å². The zero-order valence-electron chi connectivity index (χ0n) is 16.4. The van der Waals surface area contributed by atoms with Crippen LogP contribution in [0.2, 0.25) is 0 Å². The molecule has 0 atom stereocenters. The third kappa shape index (κ3) is 4.49. The van der Waals surface area contributed by atoms with E-state index in [1.54, 1.807) is 24.5 Å². The van der Waals surface area contributed by atoms with Gasteiger partial charge in [-0.15, -0.1) is 0 Å². The molecule has 1 aromatic carbocycles. The van der Waals surface area contributed by atoms with Crippen molar-refractivity contribution in [2.45, 2.75) is 18.0 Å². The van der Waals surface area contributed by atoms with Gasteiger partial charge in [0, 0.05) is 32.1 Å². The van der Waals surface area contributed by atoms with Gasteiger partial charge in [0.2, 0.25) is 16.0 Å². The zero-order chi connectivity index (χ0) is 21.0. The molecule has 1 aliphatic heterocycles. The summed E-state index contributed by atoms with van der Waals surface area (Å²) in [6.07, 6.45) is 3.45. The number of hydrogen-bond donors (Lipinski definition) is 2. The van der Waals surface area contributed by atoms with Crippen molar-refractivity contribution in [3.8, 4) is 11.4 Å². The summed E-state index contributed by atoms with van der Waals surface area (Å²) in [5, 5.41) is 3.11. The molecular formula is C19H22N6O4S. The standard InChI is InChI=1S/C19H22N6O4S/c1-28-10-8-22-30(26,27)15-4-2-14(3-5-15)23-19-20-7-6-16(24-19)17-12-21-18-13-29-11-9-25(17)18/h2-7,12,22H,8-11,13H2,1H3,(H,20,23,24). The van der Waals surface area contributed by atoms with Gasteiger partial charge < -0.3 is 19.4 Å². The van der Waals surface area contributed by atoms with E-state index < -0.39 is 10.0 Å². The smallest absolute Gasteiger partial charge is 0.240 e. The first kappa shape index (κ1) is 20.4. The topological polar surface area (TPSA) is 120 Å². The van der Waals surface area contributed by atoms with Gasteiger partial charge in [0.05, 0.1) is 35.7 Å². The summed E-state index contributed by atoms with van der Waals surface area (Å²) in [6, 6.07) is 8.20. The molecule has 0 amide bonds. The second-order valence-electron chi connectivity index (χ2n) is 6.57. The van der Waals surface area contributed by atoms with Crippen LogP contribution in [0.5, 0.6) is 0 Å². The van der Waals surface area contributed by atoms with Crippen molar-refractivity contribution in [3.05, 3.63) is 48.5 Å². The molecule has 0 spiro atoms. The summed E-state index contributed by atoms with van der Waals surface area (Å²) in [5.74, 6) is 1.28. The number of methoxy groups -OCH3 is 1. The summed E-state index contributed by atoms with van der Waals surface area (Å²) in [4.78, 5) is 13.4. The second-order valence-corrected chi connectivity index (χ2v) is 8.34. The number of sulfonamides is 1. The molecular weight excluding hydrogens is 408 g/mol. The van der Waals surface area contributed by atoms with Crippen LogP contribution >= 0.6 is 0 Å². The quantitative estimate of drug-likeness (QED) is 0.517. The van der Waals surface area contributed by atoms with Crippen LogP contribution in [-0.4, -0.2) is 54.8 Å². The second kappa shape index (κ2) is 8.88. The first-order valence-corrected chi connectivity index (χ1v) is 10.9. The van der Waals surface area contributed by atoms with Crippen LogP contribution in [0.3, 0.4) is 0 Å². The van der Waals surface area contributed by atoms with Gasteiger partial charge in [-0.2, -0.15) is 0 Å². The molecule has 0 fully saturated rings. The van der Waals surface area contributed by atoms with E-state index >= 15 is 0 Å². The van der Waals surface area contributed by atoms with E-state index in [1.165, 1.54) is 19.2 Å². The maximum atomic E-state index is 12.2. The fraction of sp³-hybridized carbons (Fsp3) is 0.316. The van der Waals surface area contributed by atoms with Gasteiger partial charge in [-0.05, 0) is 30.3 Å². The number of aromatic nitrogens is 4. The maximum Gasteiger partial charge on any atom is 0.240 e. The Bertz CT molecular complexity index is 1110. The van der Waals surface area contributed by atoms with E-state index in [4.69, 9.17) is 9.47 Å². The van der Waals surface area contributed by atoms with E-state index in [1.807, 2.05) is 6.07 Å². The largest absolute Gasteiger partial charge is 0.383 e. The Hall–Kier alpha value is -2.86. The lowest BCUT2D eigenvalue weighted by Gasteiger charge is -2.16. The minimum atomic E-state index is -3.58. The third-order valence-electron chi connectivity index (χ3n) is 4.57. The SMILES string of the molecule is COCCNS(=O)(=O)c1ccc(Nc2nccc(-c3cnc4n3CCOC4)n2)cc1. The number of anilines is 2. The highest BCUT2D eigenvalue weighted by Gasteiger charge is 2.17. The van der Waals surface area contributed by atoms with Gasteiger partial charge in [-0.3, -0.25) is 0 Å². The van der Waals surface area contributed by atoms with Crippen molar-refractivity contribution in [2.24, 2.45) is 0 Å². The number of benzene rings is 1. The van der Waals surface area contributed by atoms with Gasteiger partial charge in [-0.1, -0.05) is 0 Å². The van der Waals surface area contributed by atoms with Crippen molar-refractivity contribution in [3.63, 3.8) is 0 Å². The zero-order valence-corrected chi connectivity index (χ0v) is 17.2. The molecule has 0 saturated heterocycles. The lowest BCUT2D eigenvalue weighted by Crippen LogP contribution is -2.27. The van der Waals surface area contributed by atoms with Crippen LogP contribution in [0.4, 0.5) is 11.6 Å². The first-order valence-electron chi connectivity index (χ1n) is 9.38. The van der Waals surface area contributed by atoms with Crippen molar-refractivity contribution in [2.75, 3.05) is 32.2 Å². The van der Waals surface area contributed by atoms with Crippen LogP contribution in [-0.2, 0) is 32.6 Å². The Morgan fingerprint density at radius 3 is 2.83 bits per heavy atom. The van der Waals surface area contributed by atoms with Crippen LogP contribution in [0, 0.1) is 0 Å². The van der Waals surface area contributed by atoms with Crippen molar-refractivity contribution in [1.29, 1.82) is 0 Å². The molecule has 0 aliphatic carbocycles. The van der Waals surface area contributed by atoms with Gasteiger partial charge in [0.1, 0.15) is 12.4 Å². The Kier molecular flexibility index (Phi) is 6.04. The molecule has 10 nitrogen and oxygen atoms in total. The van der Waals surface area contributed by atoms with Crippen LogP contribution in [0.25, 0.3) is 11.4 Å². The fourth-order valence-corrected chi connectivity index (χ4v) is 4.09. The maximum absolute atomic E-state index is 12.2. The van der Waals surface area contributed by atoms with Crippen LogP contribution < -0.4 is 10.0 Å². The lowest BCUT2D eigenvalue weighted by molar-refractivity contribution is 0.0821. The third-order valence-corrected chi connectivity index (χ3v) is 6.04. The summed E-state index contributed by atoms with van der Waals surface area (Å²) >= 11 is 0. The van der Waals surface area contributed by atoms with E-state index in [9.17, 15) is 8.42 Å².